The molecule has 2 aliphatic rings. The number of benzene rings is 1. The maximum Gasteiger partial charge on any atom is 0.0843 e. The molecule has 1 heteroatoms. The predicted octanol–water partition coefficient (Wildman–Crippen LogP) is 4.57. The average Bonchev–Trinajstić information content (AvgIpc) is 2.47. The largest absolute Gasteiger partial charge is 0.388 e. The normalized spacial score (nSPS) is 23.7. The fourth-order valence-corrected chi connectivity index (χ4v) is 3.96. The summed E-state index contributed by atoms with van der Waals surface area (Å²) in [7, 11) is 0. The van der Waals surface area contributed by atoms with Crippen LogP contribution in [0.15, 0.2) is 18.2 Å². The van der Waals surface area contributed by atoms with Gasteiger partial charge in [-0.05, 0) is 60.6 Å². The molecule has 1 N–H and O–H groups in total. The third-order valence-corrected chi connectivity index (χ3v) is 5.34. The number of rotatable bonds is 2. The minimum absolute atomic E-state index is 0.0984. The summed E-state index contributed by atoms with van der Waals surface area (Å²) in [6, 6.07) is 6.73. The van der Waals surface area contributed by atoms with Gasteiger partial charge in [-0.1, -0.05) is 44.4 Å². The molecule has 1 unspecified atom stereocenters. The monoisotopic (exact) mass is 258 g/mol. The predicted molar refractivity (Wildman–Crippen MR) is 79.2 cm³/mol. The van der Waals surface area contributed by atoms with Crippen LogP contribution in [0.25, 0.3) is 0 Å². The van der Waals surface area contributed by atoms with Gasteiger partial charge in [-0.2, -0.15) is 0 Å². The van der Waals surface area contributed by atoms with Crippen LogP contribution in [-0.4, -0.2) is 5.11 Å². The Bertz CT molecular complexity index is 443. The molecular weight excluding hydrogens is 232 g/mol. The fraction of sp³-hybridized carbons (Fsp3) is 0.667. The van der Waals surface area contributed by atoms with Gasteiger partial charge in [0.25, 0.3) is 0 Å². The Morgan fingerprint density at radius 2 is 1.63 bits per heavy atom. The highest BCUT2D eigenvalue weighted by atomic mass is 16.3. The lowest BCUT2D eigenvalue weighted by Crippen LogP contribution is -2.28. The molecule has 104 valence electrons. The SMILES string of the molecule is CC1(C(O)c2ccc3c(c2)CCCC3)CCCCC1. The van der Waals surface area contributed by atoms with Gasteiger partial charge in [0, 0.05) is 0 Å². The number of fused-ring (bicyclic) bond motifs is 1. The van der Waals surface area contributed by atoms with Crippen LogP contribution in [0.4, 0.5) is 0 Å². The van der Waals surface area contributed by atoms with Crippen molar-refractivity contribution in [1.82, 2.24) is 0 Å². The lowest BCUT2D eigenvalue weighted by molar-refractivity contribution is 0.00812. The summed E-state index contributed by atoms with van der Waals surface area (Å²) in [5.41, 5.74) is 4.25. The van der Waals surface area contributed by atoms with Gasteiger partial charge in [0.2, 0.25) is 0 Å². The lowest BCUT2D eigenvalue weighted by Gasteiger charge is -2.38. The molecule has 1 aromatic carbocycles. The molecule has 2 aliphatic carbocycles. The van der Waals surface area contributed by atoms with E-state index in [-0.39, 0.29) is 11.5 Å². The van der Waals surface area contributed by atoms with E-state index in [9.17, 15) is 5.11 Å². The second-order valence-electron chi connectivity index (χ2n) is 6.85. The molecule has 0 saturated heterocycles. The maximum atomic E-state index is 10.8. The molecule has 1 saturated carbocycles. The molecule has 0 bridgehead atoms. The van der Waals surface area contributed by atoms with Crippen LogP contribution in [0.5, 0.6) is 0 Å². The van der Waals surface area contributed by atoms with Crippen molar-refractivity contribution >= 4 is 0 Å². The molecule has 0 aromatic heterocycles. The van der Waals surface area contributed by atoms with E-state index < -0.39 is 0 Å². The summed E-state index contributed by atoms with van der Waals surface area (Å²) in [6.45, 7) is 2.27. The summed E-state index contributed by atoms with van der Waals surface area (Å²) in [5, 5.41) is 10.8. The Hall–Kier alpha value is -0.820. The van der Waals surface area contributed by atoms with Gasteiger partial charge in [0.1, 0.15) is 0 Å². The molecule has 1 aromatic rings. The minimum Gasteiger partial charge on any atom is -0.388 e. The van der Waals surface area contributed by atoms with Gasteiger partial charge in [0.05, 0.1) is 6.10 Å². The molecule has 0 spiro atoms. The molecule has 19 heavy (non-hydrogen) atoms. The van der Waals surface area contributed by atoms with Crippen LogP contribution in [0.2, 0.25) is 0 Å². The van der Waals surface area contributed by atoms with Crippen LogP contribution >= 0.6 is 0 Å². The van der Waals surface area contributed by atoms with E-state index in [1.165, 1.54) is 68.9 Å². The highest BCUT2D eigenvalue weighted by Gasteiger charge is 2.35. The second-order valence-corrected chi connectivity index (χ2v) is 6.85. The van der Waals surface area contributed by atoms with Crippen molar-refractivity contribution in [1.29, 1.82) is 0 Å². The summed E-state index contributed by atoms with van der Waals surface area (Å²) in [5.74, 6) is 0. The standard InChI is InChI=1S/C18H26O/c1-18(11-5-2-6-12-18)17(19)16-10-9-14-7-3-4-8-15(14)13-16/h9-10,13,17,19H,2-8,11-12H2,1H3. The van der Waals surface area contributed by atoms with Crippen molar-refractivity contribution in [3.05, 3.63) is 34.9 Å². The first-order chi connectivity index (χ1) is 9.19. The Balaban J connectivity index is 1.84. The van der Waals surface area contributed by atoms with Crippen molar-refractivity contribution in [3.63, 3.8) is 0 Å². The first-order valence-electron chi connectivity index (χ1n) is 7.99. The van der Waals surface area contributed by atoms with Crippen molar-refractivity contribution in [2.45, 2.75) is 70.8 Å². The van der Waals surface area contributed by atoms with Crippen molar-refractivity contribution in [2.75, 3.05) is 0 Å². The van der Waals surface area contributed by atoms with Crippen molar-refractivity contribution < 1.29 is 5.11 Å². The highest BCUT2D eigenvalue weighted by molar-refractivity contribution is 5.35. The first-order valence-corrected chi connectivity index (χ1v) is 7.99. The number of aliphatic hydroxyl groups is 1. The molecular formula is C18H26O. The van der Waals surface area contributed by atoms with Gasteiger partial charge in [0.15, 0.2) is 0 Å². The van der Waals surface area contributed by atoms with E-state index in [0.29, 0.717) is 0 Å². The van der Waals surface area contributed by atoms with Crippen LogP contribution in [-0.2, 0) is 12.8 Å². The third kappa shape index (κ3) is 2.58. The molecule has 1 atom stereocenters. The number of aliphatic hydroxyl groups excluding tert-OH is 1. The van der Waals surface area contributed by atoms with Gasteiger partial charge in [-0.3, -0.25) is 0 Å². The zero-order valence-electron chi connectivity index (χ0n) is 12.1. The van der Waals surface area contributed by atoms with Crippen LogP contribution < -0.4 is 0 Å². The van der Waals surface area contributed by atoms with Gasteiger partial charge in [-0.25, -0.2) is 0 Å². The molecule has 3 rings (SSSR count). The number of hydrogen-bond donors (Lipinski definition) is 1. The van der Waals surface area contributed by atoms with Crippen LogP contribution in [0.1, 0.15) is 74.7 Å². The Labute approximate surface area is 117 Å². The van der Waals surface area contributed by atoms with Crippen molar-refractivity contribution in [2.24, 2.45) is 5.41 Å². The maximum absolute atomic E-state index is 10.8. The molecule has 1 fully saturated rings. The Kier molecular flexibility index (Phi) is 3.66. The number of hydrogen-bond acceptors (Lipinski definition) is 1. The van der Waals surface area contributed by atoms with E-state index in [4.69, 9.17) is 0 Å². The summed E-state index contributed by atoms with van der Waals surface area (Å²) >= 11 is 0. The molecule has 0 amide bonds. The molecule has 0 aliphatic heterocycles. The van der Waals surface area contributed by atoms with Crippen LogP contribution in [0.3, 0.4) is 0 Å². The second kappa shape index (κ2) is 5.28. The van der Waals surface area contributed by atoms with E-state index in [1.807, 2.05) is 0 Å². The quantitative estimate of drug-likeness (QED) is 0.824. The highest BCUT2D eigenvalue weighted by Crippen LogP contribution is 2.45. The zero-order valence-corrected chi connectivity index (χ0v) is 12.1. The summed E-state index contributed by atoms with van der Waals surface area (Å²) < 4.78 is 0. The van der Waals surface area contributed by atoms with E-state index in [2.05, 4.69) is 25.1 Å². The lowest BCUT2D eigenvalue weighted by atomic mass is 9.69. The molecule has 0 radical (unpaired) electrons. The minimum atomic E-state index is -0.278. The topological polar surface area (TPSA) is 20.2 Å². The molecule has 0 heterocycles. The third-order valence-electron chi connectivity index (χ3n) is 5.34. The van der Waals surface area contributed by atoms with Gasteiger partial charge >= 0.3 is 0 Å². The van der Waals surface area contributed by atoms with Gasteiger partial charge in [-0.15, -0.1) is 0 Å². The van der Waals surface area contributed by atoms with E-state index in [0.717, 1.165) is 5.56 Å². The summed E-state index contributed by atoms with van der Waals surface area (Å²) in [6.07, 6.45) is 11.0. The van der Waals surface area contributed by atoms with Crippen molar-refractivity contribution in [3.8, 4) is 0 Å². The van der Waals surface area contributed by atoms with Crippen LogP contribution in [0, 0.1) is 5.41 Å². The van der Waals surface area contributed by atoms with Gasteiger partial charge < -0.3 is 5.11 Å². The first kappa shape index (κ1) is 13.2. The fourth-order valence-electron chi connectivity index (χ4n) is 3.96. The van der Waals surface area contributed by atoms with E-state index in [1.54, 1.807) is 0 Å². The summed E-state index contributed by atoms with van der Waals surface area (Å²) in [4.78, 5) is 0. The molecule has 1 nitrogen and oxygen atoms in total. The zero-order chi connectivity index (χ0) is 13.3. The Morgan fingerprint density at radius 1 is 0.947 bits per heavy atom. The Morgan fingerprint density at radius 3 is 2.37 bits per heavy atom. The van der Waals surface area contributed by atoms with E-state index >= 15 is 0 Å². The smallest absolute Gasteiger partial charge is 0.0843 e. The number of aryl methyl sites for hydroxylation is 2. The average molecular weight is 258 g/mol.